The smallest absolute Gasteiger partial charge is 0.319 e. The number of anilines is 3. The van der Waals surface area contributed by atoms with Gasteiger partial charge in [-0.3, -0.25) is 9.59 Å². The lowest BCUT2D eigenvalue weighted by Crippen LogP contribution is -2.21. The Kier molecular flexibility index (Phi) is 3.14. The molecular weight excluding hydrogens is 290 g/mol. The third-order valence-electron chi connectivity index (χ3n) is 3.52. The molecule has 0 bridgehead atoms. The van der Waals surface area contributed by atoms with Crippen LogP contribution in [-0.4, -0.2) is 16.3 Å². The van der Waals surface area contributed by atoms with Crippen LogP contribution in [0.25, 0.3) is 0 Å². The van der Waals surface area contributed by atoms with Gasteiger partial charge in [-0.05, 0) is 60.8 Å². The zero-order valence-corrected chi connectivity index (χ0v) is 12.2. The van der Waals surface area contributed by atoms with Crippen molar-refractivity contribution in [3.63, 3.8) is 0 Å². The van der Waals surface area contributed by atoms with E-state index in [2.05, 4.69) is 10.3 Å². The second-order valence-corrected chi connectivity index (χ2v) is 5.19. The summed E-state index contributed by atoms with van der Waals surface area (Å²) in [6.07, 6.45) is 1.55. The summed E-state index contributed by atoms with van der Waals surface area (Å²) in [7, 11) is 0. The summed E-state index contributed by atoms with van der Waals surface area (Å²) in [4.78, 5) is 29.7. The second-order valence-electron chi connectivity index (χ2n) is 4.87. The van der Waals surface area contributed by atoms with Crippen molar-refractivity contribution in [2.75, 3.05) is 10.2 Å². The fraction of sp³-hybridized carbons (Fsp3) is 0.133. The molecule has 0 saturated heterocycles. The van der Waals surface area contributed by atoms with E-state index in [4.69, 9.17) is 11.6 Å². The van der Waals surface area contributed by atoms with E-state index in [0.717, 1.165) is 11.1 Å². The number of aryl methyl sites for hydroxylation is 2. The molecule has 2 heterocycles. The average molecular weight is 302 g/mol. The van der Waals surface area contributed by atoms with Crippen LogP contribution in [0.3, 0.4) is 0 Å². The van der Waals surface area contributed by atoms with Gasteiger partial charge in [0.2, 0.25) is 0 Å². The molecule has 1 aliphatic rings. The number of rotatable bonds is 0. The van der Waals surface area contributed by atoms with E-state index in [0.29, 0.717) is 22.8 Å². The Balaban J connectivity index is 2.34. The highest BCUT2D eigenvalue weighted by molar-refractivity contribution is 6.67. The number of carbonyl (C=O) groups is 2. The summed E-state index contributed by atoms with van der Waals surface area (Å²) in [6.45, 7) is 3.82. The number of pyridine rings is 1. The molecule has 0 fully saturated rings. The number of hydrogen-bond donors (Lipinski definition) is 1. The molecule has 5 nitrogen and oxygen atoms in total. The molecule has 0 radical (unpaired) electrons. The monoisotopic (exact) mass is 301 g/mol. The van der Waals surface area contributed by atoms with Gasteiger partial charge in [-0.2, -0.15) is 0 Å². The Morgan fingerprint density at radius 3 is 2.71 bits per heavy atom. The van der Waals surface area contributed by atoms with Crippen molar-refractivity contribution in [1.82, 2.24) is 4.98 Å². The minimum atomic E-state index is -0.712. The van der Waals surface area contributed by atoms with E-state index in [-0.39, 0.29) is 5.91 Å². The molecule has 0 saturated carbocycles. The normalized spacial score (nSPS) is 13.1. The van der Waals surface area contributed by atoms with E-state index in [9.17, 15) is 9.59 Å². The molecule has 106 valence electrons. The molecule has 2 aromatic rings. The average Bonchev–Trinajstić information content (AvgIpc) is 2.54. The zero-order valence-electron chi connectivity index (χ0n) is 11.5. The molecule has 1 aromatic carbocycles. The van der Waals surface area contributed by atoms with Gasteiger partial charge >= 0.3 is 5.37 Å². The van der Waals surface area contributed by atoms with Gasteiger partial charge in [0.05, 0.1) is 16.9 Å². The maximum absolute atomic E-state index is 12.4. The summed E-state index contributed by atoms with van der Waals surface area (Å²) in [5.74, 6) is 0.0237. The van der Waals surface area contributed by atoms with Gasteiger partial charge in [-0.15, -0.1) is 0 Å². The van der Waals surface area contributed by atoms with Crippen LogP contribution in [0.15, 0.2) is 30.5 Å². The number of halogens is 1. The number of hydrogen-bond acceptors (Lipinski definition) is 3. The van der Waals surface area contributed by atoms with Gasteiger partial charge in [0.25, 0.3) is 5.91 Å². The Morgan fingerprint density at radius 2 is 2.00 bits per heavy atom. The third-order valence-corrected chi connectivity index (χ3v) is 3.69. The Hall–Kier alpha value is -2.40. The molecule has 1 aromatic heterocycles. The topological polar surface area (TPSA) is 62.3 Å². The number of nitrogens with one attached hydrogen (secondary N) is 1. The van der Waals surface area contributed by atoms with Gasteiger partial charge in [0, 0.05) is 6.20 Å². The van der Waals surface area contributed by atoms with E-state index in [1.165, 1.54) is 4.90 Å². The summed E-state index contributed by atoms with van der Waals surface area (Å²) in [6, 6.07) is 6.88. The Morgan fingerprint density at radius 1 is 1.29 bits per heavy atom. The molecule has 6 heteroatoms. The molecule has 0 aliphatic carbocycles. The van der Waals surface area contributed by atoms with Gasteiger partial charge < -0.3 is 5.32 Å². The first kappa shape index (κ1) is 13.6. The first-order chi connectivity index (χ1) is 9.99. The number of benzene rings is 1. The maximum atomic E-state index is 12.4. The minimum absolute atomic E-state index is 0.289. The largest absolute Gasteiger partial charge is 0.326 e. The quantitative estimate of drug-likeness (QED) is 0.595. The predicted molar refractivity (Wildman–Crippen MR) is 81.5 cm³/mol. The van der Waals surface area contributed by atoms with Crippen LogP contribution in [0.4, 0.5) is 22.0 Å². The van der Waals surface area contributed by atoms with Gasteiger partial charge in [0.1, 0.15) is 0 Å². The Labute approximate surface area is 126 Å². The molecule has 21 heavy (non-hydrogen) atoms. The summed E-state index contributed by atoms with van der Waals surface area (Å²) in [5, 5.41) is 2.04. The fourth-order valence-electron chi connectivity index (χ4n) is 2.32. The number of carbonyl (C=O) groups excluding carboxylic acids is 2. The highest BCUT2D eigenvalue weighted by Crippen LogP contribution is 2.38. The van der Waals surface area contributed by atoms with E-state index in [1.807, 2.05) is 13.8 Å². The van der Waals surface area contributed by atoms with E-state index in [1.54, 1.807) is 30.5 Å². The zero-order chi connectivity index (χ0) is 15.1. The van der Waals surface area contributed by atoms with E-state index >= 15 is 0 Å². The molecule has 0 atom stereocenters. The van der Waals surface area contributed by atoms with Crippen molar-refractivity contribution in [1.29, 1.82) is 0 Å². The van der Waals surface area contributed by atoms with Crippen LogP contribution in [0.2, 0.25) is 0 Å². The predicted octanol–water partition coefficient (Wildman–Crippen LogP) is 3.76. The lowest BCUT2D eigenvalue weighted by molar-refractivity contribution is 0.102. The van der Waals surface area contributed by atoms with Crippen LogP contribution in [0.5, 0.6) is 0 Å². The summed E-state index contributed by atoms with van der Waals surface area (Å²) >= 11 is 5.73. The lowest BCUT2D eigenvalue weighted by Gasteiger charge is -2.20. The maximum Gasteiger partial charge on any atom is 0.326 e. The molecule has 0 unspecified atom stereocenters. The Bertz CT molecular complexity index is 774. The molecule has 3 rings (SSSR count). The van der Waals surface area contributed by atoms with Crippen LogP contribution >= 0.6 is 11.6 Å². The van der Waals surface area contributed by atoms with Crippen LogP contribution in [0.1, 0.15) is 21.5 Å². The van der Waals surface area contributed by atoms with Crippen LogP contribution < -0.4 is 10.2 Å². The standard InChI is InChI=1S/C15H12ClN3O2/c1-8-6-10-12(7-9(8)2)19(15(16)21)13-11(18-14(10)20)4-3-5-17-13/h3-7H,1-2H3,(H,18,20). The van der Waals surface area contributed by atoms with Crippen molar-refractivity contribution in [3.05, 3.63) is 47.2 Å². The first-order valence-corrected chi connectivity index (χ1v) is 6.74. The molecular formula is C15H12ClN3O2. The van der Waals surface area contributed by atoms with Crippen molar-refractivity contribution in [3.8, 4) is 0 Å². The lowest BCUT2D eigenvalue weighted by atomic mass is 10.0. The summed E-state index contributed by atoms with van der Waals surface area (Å²) in [5.41, 5.74) is 3.20. The number of nitrogens with zero attached hydrogens (tertiary/aromatic N) is 2. The number of amides is 2. The third kappa shape index (κ3) is 2.15. The SMILES string of the molecule is Cc1cc2c(cc1C)N(C(=O)Cl)c1ncccc1NC2=O. The van der Waals surface area contributed by atoms with Crippen molar-refractivity contribution < 1.29 is 9.59 Å². The number of fused-ring (bicyclic) bond motifs is 2. The first-order valence-electron chi connectivity index (χ1n) is 6.36. The molecule has 1 N–H and O–H groups in total. The molecule has 2 amide bonds. The minimum Gasteiger partial charge on any atom is -0.319 e. The second kappa shape index (κ2) is 4.86. The summed E-state index contributed by atoms with van der Waals surface area (Å²) < 4.78 is 0. The molecule has 1 aliphatic heterocycles. The van der Waals surface area contributed by atoms with Gasteiger partial charge in [-0.1, -0.05) is 0 Å². The van der Waals surface area contributed by atoms with Crippen LogP contribution in [0, 0.1) is 13.8 Å². The van der Waals surface area contributed by atoms with Crippen molar-refractivity contribution in [2.24, 2.45) is 0 Å². The van der Waals surface area contributed by atoms with Crippen LogP contribution in [-0.2, 0) is 0 Å². The fourth-order valence-corrected chi connectivity index (χ4v) is 2.49. The number of aromatic nitrogens is 1. The highest BCUT2D eigenvalue weighted by atomic mass is 35.5. The van der Waals surface area contributed by atoms with Crippen molar-refractivity contribution in [2.45, 2.75) is 13.8 Å². The van der Waals surface area contributed by atoms with Crippen molar-refractivity contribution >= 4 is 40.1 Å². The molecule has 0 spiro atoms. The van der Waals surface area contributed by atoms with E-state index < -0.39 is 5.37 Å². The van der Waals surface area contributed by atoms with Gasteiger partial charge in [-0.25, -0.2) is 9.88 Å². The van der Waals surface area contributed by atoms with Gasteiger partial charge in [0.15, 0.2) is 5.82 Å². The highest BCUT2D eigenvalue weighted by Gasteiger charge is 2.30.